The van der Waals surface area contributed by atoms with E-state index >= 15 is 0 Å². The van der Waals surface area contributed by atoms with Gasteiger partial charge in [-0.15, -0.1) is 0 Å². The van der Waals surface area contributed by atoms with Gasteiger partial charge in [0.15, 0.2) is 0 Å². The van der Waals surface area contributed by atoms with Gasteiger partial charge in [0.25, 0.3) is 0 Å². The van der Waals surface area contributed by atoms with E-state index in [1.54, 1.807) is 17.0 Å². The van der Waals surface area contributed by atoms with E-state index in [4.69, 9.17) is 17.3 Å². The fourth-order valence-corrected chi connectivity index (χ4v) is 5.00. The number of primary amides is 1. The van der Waals surface area contributed by atoms with Crippen LogP contribution in [0.1, 0.15) is 30.4 Å². The second-order valence-electron chi connectivity index (χ2n) is 8.80. The van der Waals surface area contributed by atoms with E-state index in [9.17, 15) is 22.8 Å². The molecule has 0 radical (unpaired) electrons. The summed E-state index contributed by atoms with van der Waals surface area (Å²) in [4.78, 5) is 27.8. The Morgan fingerprint density at radius 3 is 2.47 bits per heavy atom. The molecular formula is C21H25ClF3N5O2. The lowest BCUT2D eigenvalue weighted by Crippen LogP contribution is -2.53. The average Bonchev–Trinajstić information content (AvgIpc) is 3.35. The van der Waals surface area contributed by atoms with Crippen molar-refractivity contribution in [3.63, 3.8) is 0 Å². The third-order valence-corrected chi connectivity index (χ3v) is 6.74. The van der Waals surface area contributed by atoms with Crippen molar-refractivity contribution in [3.8, 4) is 0 Å². The number of piperidine rings is 1. The van der Waals surface area contributed by atoms with Crippen LogP contribution in [0, 0.1) is 5.41 Å². The number of carbonyl (C=O) groups is 2. The van der Waals surface area contributed by atoms with Gasteiger partial charge in [0.05, 0.1) is 5.56 Å². The van der Waals surface area contributed by atoms with Crippen LogP contribution in [0.2, 0.25) is 5.02 Å². The molecule has 0 aliphatic carbocycles. The quantitative estimate of drug-likeness (QED) is 0.710. The molecule has 0 saturated carbocycles. The number of hydrogen-bond acceptors (Lipinski definition) is 4. The minimum atomic E-state index is -4.43. The molecule has 1 aromatic carbocycles. The second-order valence-corrected chi connectivity index (χ2v) is 9.23. The number of hydrogen-bond donors (Lipinski definition) is 2. The highest BCUT2D eigenvalue weighted by molar-refractivity contribution is 6.30. The third-order valence-electron chi connectivity index (χ3n) is 6.52. The fourth-order valence-electron chi connectivity index (χ4n) is 4.74. The summed E-state index contributed by atoms with van der Waals surface area (Å²) < 4.78 is 39.2. The van der Waals surface area contributed by atoms with Crippen LogP contribution in [-0.4, -0.2) is 59.0 Å². The smallest absolute Gasteiger partial charge is 0.368 e. The van der Waals surface area contributed by atoms with E-state index in [0.29, 0.717) is 25.2 Å². The topological polar surface area (TPSA) is 81.9 Å². The van der Waals surface area contributed by atoms with Crippen molar-refractivity contribution in [1.29, 1.82) is 0 Å². The Hall–Kier alpha value is -2.30. The number of halogens is 4. The summed E-state index contributed by atoms with van der Waals surface area (Å²) in [5.41, 5.74) is 7.87. The minimum absolute atomic E-state index is 0.0479. The molecule has 1 spiro atoms. The van der Waals surface area contributed by atoms with Crippen molar-refractivity contribution in [2.45, 2.75) is 38.0 Å². The van der Waals surface area contributed by atoms with E-state index < -0.39 is 23.7 Å². The normalized spacial score (nSPS) is 23.3. The Labute approximate surface area is 188 Å². The molecule has 1 atom stereocenters. The number of alkyl halides is 3. The Morgan fingerprint density at radius 1 is 1.16 bits per heavy atom. The van der Waals surface area contributed by atoms with Gasteiger partial charge in [-0.05, 0) is 61.1 Å². The molecule has 3 N–H and O–H groups in total. The molecular weight excluding hydrogens is 447 g/mol. The molecule has 1 unspecified atom stereocenters. The number of nitrogens with two attached hydrogens (primary N) is 1. The van der Waals surface area contributed by atoms with Gasteiger partial charge < -0.3 is 10.6 Å². The summed E-state index contributed by atoms with van der Waals surface area (Å²) in [6.07, 6.45) is 1.19. The number of hydrazine groups is 1. The largest absolute Gasteiger partial charge is 0.416 e. The molecule has 3 aliphatic heterocycles. The van der Waals surface area contributed by atoms with Crippen LogP contribution < -0.4 is 11.2 Å². The zero-order chi connectivity index (χ0) is 23.1. The van der Waals surface area contributed by atoms with Crippen LogP contribution in [0.15, 0.2) is 30.5 Å². The lowest BCUT2D eigenvalue weighted by atomic mass is 9.78. The number of amides is 3. The van der Waals surface area contributed by atoms with Gasteiger partial charge in [-0.25, -0.2) is 15.2 Å². The lowest BCUT2D eigenvalue weighted by Gasteiger charge is -2.40. The molecule has 2 fully saturated rings. The van der Waals surface area contributed by atoms with Crippen LogP contribution in [0.5, 0.6) is 0 Å². The first-order valence-corrected chi connectivity index (χ1v) is 10.8. The molecule has 174 valence electrons. The maximum Gasteiger partial charge on any atom is 0.416 e. The van der Waals surface area contributed by atoms with Crippen LogP contribution in [0.4, 0.5) is 18.0 Å². The van der Waals surface area contributed by atoms with Gasteiger partial charge >= 0.3 is 12.2 Å². The van der Waals surface area contributed by atoms with Crippen molar-refractivity contribution in [3.05, 3.63) is 46.6 Å². The van der Waals surface area contributed by atoms with Gasteiger partial charge in [-0.1, -0.05) is 11.6 Å². The van der Waals surface area contributed by atoms with E-state index in [2.05, 4.69) is 10.3 Å². The highest BCUT2D eigenvalue weighted by Gasteiger charge is 2.42. The first kappa shape index (κ1) is 22.9. The lowest BCUT2D eigenvalue weighted by molar-refractivity contribution is -0.137. The monoisotopic (exact) mass is 471 g/mol. The van der Waals surface area contributed by atoms with Crippen LogP contribution in [-0.2, 0) is 17.5 Å². The molecule has 3 amide bonds. The molecule has 2 saturated heterocycles. The highest BCUT2D eigenvalue weighted by Crippen LogP contribution is 2.41. The molecule has 3 heterocycles. The zero-order valence-corrected chi connectivity index (χ0v) is 18.1. The summed E-state index contributed by atoms with van der Waals surface area (Å²) in [6, 6.07) is 2.77. The van der Waals surface area contributed by atoms with Crippen molar-refractivity contribution < 1.29 is 22.8 Å². The number of rotatable bonds is 3. The molecule has 32 heavy (non-hydrogen) atoms. The predicted molar refractivity (Wildman–Crippen MR) is 112 cm³/mol. The molecule has 4 rings (SSSR count). The molecule has 0 aromatic heterocycles. The highest BCUT2D eigenvalue weighted by atomic mass is 35.5. The summed E-state index contributed by atoms with van der Waals surface area (Å²) in [5.74, 6) is -0.553. The number of benzene rings is 1. The summed E-state index contributed by atoms with van der Waals surface area (Å²) >= 11 is 5.91. The Bertz CT molecular complexity index is 931. The van der Waals surface area contributed by atoms with Gasteiger partial charge in [-0.3, -0.25) is 9.69 Å². The van der Waals surface area contributed by atoms with Gasteiger partial charge in [0.2, 0.25) is 5.91 Å². The van der Waals surface area contributed by atoms with Crippen molar-refractivity contribution in [1.82, 2.24) is 20.2 Å². The van der Waals surface area contributed by atoms with E-state index in [-0.39, 0.29) is 16.5 Å². The minimum Gasteiger partial charge on any atom is -0.368 e. The van der Waals surface area contributed by atoms with Crippen LogP contribution in [0.25, 0.3) is 0 Å². The number of urea groups is 1. The molecule has 11 heteroatoms. The summed E-state index contributed by atoms with van der Waals surface area (Å²) in [6.45, 7) is 3.13. The maximum atomic E-state index is 13.1. The van der Waals surface area contributed by atoms with E-state index in [0.717, 1.165) is 44.5 Å². The SMILES string of the molecule is NC(=O)C1C=CN(C(=O)N2CCC3(CCN(Cc4cc(Cl)cc(C(F)(F)F)c4)C3)CC2)N1. The number of nitrogens with zero attached hydrogens (tertiary/aromatic N) is 3. The Balaban J connectivity index is 1.32. The van der Waals surface area contributed by atoms with Gasteiger partial charge in [0, 0.05) is 37.4 Å². The molecule has 7 nitrogen and oxygen atoms in total. The first-order chi connectivity index (χ1) is 15.0. The summed E-state index contributed by atoms with van der Waals surface area (Å²) in [7, 11) is 0. The van der Waals surface area contributed by atoms with Crippen molar-refractivity contribution in [2.24, 2.45) is 11.1 Å². The molecule has 3 aliphatic rings. The predicted octanol–water partition coefficient (Wildman–Crippen LogP) is 2.95. The van der Waals surface area contributed by atoms with Crippen LogP contribution >= 0.6 is 11.6 Å². The van der Waals surface area contributed by atoms with Crippen LogP contribution in [0.3, 0.4) is 0 Å². The van der Waals surface area contributed by atoms with Gasteiger partial charge in [0.1, 0.15) is 6.04 Å². The third kappa shape index (κ3) is 4.87. The second kappa shape index (κ2) is 8.57. The molecule has 0 bridgehead atoms. The maximum absolute atomic E-state index is 13.1. The number of likely N-dealkylation sites (tertiary alicyclic amines) is 2. The van der Waals surface area contributed by atoms with Crippen molar-refractivity contribution in [2.75, 3.05) is 26.2 Å². The van der Waals surface area contributed by atoms with E-state index in [1.165, 1.54) is 11.2 Å². The number of nitrogens with one attached hydrogen (secondary N) is 1. The van der Waals surface area contributed by atoms with E-state index in [1.807, 2.05) is 0 Å². The Kier molecular flexibility index (Phi) is 6.12. The van der Waals surface area contributed by atoms with Gasteiger partial charge in [-0.2, -0.15) is 13.2 Å². The van der Waals surface area contributed by atoms with Crippen molar-refractivity contribution >= 4 is 23.5 Å². The molecule has 1 aromatic rings. The standard InChI is InChI=1S/C21H25ClF3N5O2/c22-16-10-14(9-15(11-16)21(23,24)25)12-28-6-2-20(13-28)3-7-29(8-4-20)19(32)30-5-1-17(27-30)18(26)31/h1,5,9-11,17,27H,2-4,6-8,12-13H2,(H2,26,31). The summed E-state index contributed by atoms with van der Waals surface area (Å²) in [5, 5.41) is 1.37. The zero-order valence-electron chi connectivity index (χ0n) is 17.4. The fraction of sp³-hybridized carbons (Fsp3) is 0.524. The Morgan fingerprint density at radius 2 is 1.84 bits per heavy atom. The average molecular weight is 472 g/mol. The number of carbonyl (C=O) groups excluding carboxylic acids is 2. The first-order valence-electron chi connectivity index (χ1n) is 10.5.